The normalized spacial score (nSPS) is 11.0. The highest BCUT2D eigenvalue weighted by atomic mass is 79.9. The van der Waals surface area contributed by atoms with E-state index in [0.29, 0.717) is 30.6 Å². The third-order valence-corrected chi connectivity index (χ3v) is 7.42. The topological polar surface area (TPSA) is 94.7 Å². The highest BCUT2D eigenvalue weighted by molar-refractivity contribution is 9.10. The summed E-state index contributed by atoms with van der Waals surface area (Å²) in [4.78, 5) is 43.5. The SMILES string of the molecule is COc1ccc(CNC(=O)c2cn3c(=O)n(Cc4ccc(Cl)c(Br)c4)c(=O)c(C)c3s2)cn1. The number of ether oxygens (including phenoxy) is 1. The van der Waals surface area contributed by atoms with Crippen LogP contribution < -0.4 is 21.3 Å². The molecule has 11 heteroatoms. The number of amides is 1. The molecule has 0 bridgehead atoms. The van der Waals surface area contributed by atoms with E-state index in [4.69, 9.17) is 16.3 Å². The van der Waals surface area contributed by atoms with E-state index in [0.717, 1.165) is 27.0 Å². The fraction of sp³-hybridized carbons (Fsp3) is 0.182. The number of carbonyl (C=O) groups is 1. The van der Waals surface area contributed by atoms with Gasteiger partial charge in [-0.05, 0) is 46.1 Å². The zero-order chi connectivity index (χ0) is 23.7. The first kappa shape index (κ1) is 23.2. The molecular formula is C22H18BrClN4O4S. The van der Waals surface area contributed by atoms with Crippen LogP contribution in [0, 0.1) is 6.92 Å². The van der Waals surface area contributed by atoms with Gasteiger partial charge in [-0.3, -0.25) is 18.6 Å². The van der Waals surface area contributed by atoms with Crippen LogP contribution in [0.25, 0.3) is 4.83 Å². The van der Waals surface area contributed by atoms with E-state index < -0.39 is 11.2 Å². The van der Waals surface area contributed by atoms with Crippen LogP contribution in [0.15, 0.2) is 56.8 Å². The molecule has 3 heterocycles. The van der Waals surface area contributed by atoms with Gasteiger partial charge in [0, 0.05) is 35.0 Å². The highest BCUT2D eigenvalue weighted by Crippen LogP contribution is 2.23. The van der Waals surface area contributed by atoms with Gasteiger partial charge < -0.3 is 10.1 Å². The number of nitrogens with one attached hydrogen (secondary N) is 1. The van der Waals surface area contributed by atoms with Crippen molar-refractivity contribution >= 4 is 49.6 Å². The molecule has 0 fully saturated rings. The van der Waals surface area contributed by atoms with Gasteiger partial charge in [-0.2, -0.15) is 0 Å². The van der Waals surface area contributed by atoms with E-state index in [1.807, 2.05) is 0 Å². The number of benzene rings is 1. The van der Waals surface area contributed by atoms with Gasteiger partial charge >= 0.3 is 5.69 Å². The number of pyridine rings is 1. The van der Waals surface area contributed by atoms with Crippen molar-refractivity contribution in [3.8, 4) is 5.88 Å². The lowest BCUT2D eigenvalue weighted by molar-refractivity contribution is 0.0954. The van der Waals surface area contributed by atoms with E-state index in [2.05, 4.69) is 26.2 Å². The van der Waals surface area contributed by atoms with Crippen LogP contribution in [0.3, 0.4) is 0 Å². The minimum absolute atomic E-state index is 0.0824. The summed E-state index contributed by atoms with van der Waals surface area (Å²) in [7, 11) is 1.53. The summed E-state index contributed by atoms with van der Waals surface area (Å²) in [5.41, 5.74) is 1.02. The Hall–Kier alpha value is -2.95. The predicted molar refractivity (Wildman–Crippen MR) is 131 cm³/mol. The van der Waals surface area contributed by atoms with Crippen LogP contribution in [-0.4, -0.2) is 27.0 Å². The van der Waals surface area contributed by atoms with Crippen molar-refractivity contribution in [2.45, 2.75) is 20.0 Å². The first-order chi connectivity index (χ1) is 15.8. The molecule has 3 aromatic heterocycles. The lowest BCUT2D eigenvalue weighted by atomic mass is 10.2. The van der Waals surface area contributed by atoms with Crippen LogP contribution in [0.1, 0.15) is 26.4 Å². The molecule has 0 aliphatic carbocycles. The van der Waals surface area contributed by atoms with Gasteiger partial charge in [0.2, 0.25) is 5.88 Å². The molecule has 0 atom stereocenters. The van der Waals surface area contributed by atoms with Crippen molar-refractivity contribution in [3.05, 3.63) is 94.6 Å². The third-order valence-electron chi connectivity index (χ3n) is 5.00. The first-order valence-corrected chi connectivity index (χ1v) is 11.7. The minimum Gasteiger partial charge on any atom is -0.481 e. The van der Waals surface area contributed by atoms with E-state index in [-0.39, 0.29) is 19.0 Å². The van der Waals surface area contributed by atoms with E-state index in [1.165, 1.54) is 17.7 Å². The van der Waals surface area contributed by atoms with Crippen molar-refractivity contribution in [1.29, 1.82) is 0 Å². The van der Waals surface area contributed by atoms with Crippen molar-refractivity contribution in [2.75, 3.05) is 7.11 Å². The Kier molecular flexibility index (Phi) is 6.68. The maximum atomic E-state index is 13.1. The van der Waals surface area contributed by atoms with Gasteiger partial charge in [0.05, 0.1) is 18.7 Å². The number of carbonyl (C=O) groups excluding carboxylic acids is 1. The van der Waals surface area contributed by atoms with Crippen LogP contribution in [0.5, 0.6) is 5.88 Å². The number of rotatable bonds is 6. The molecule has 0 radical (unpaired) electrons. The molecule has 0 saturated carbocycles. The summed E-state index contributed by atoms with van der Waals surface area (Å²) < 4.78 is 8.19. The fourth-order valence-electron chi connectivity index (χ4n) is 3.24. The molecule has 170 valence electrons. The number of halogens is 2. The molecule has 8 nitrogen and oxygen atoms in total. The second-order valence-corrected chi connectivity index (χ2v) is 9.50. The van der Waals surface area contributed by atoms with Crippen molar-refractivity contribution < 1.29 is 9.53 Å². The zero-order valence-corrected chi connectivity index (χ0v) is 20.8. The number of aryl methyl sites for hydroxylation is 1. The van der Waals surface area contributed by atoms with Crippen LogP contribution in [0.2, 0.25) is 5.02 Å². The van der Waals surface area contributed by atoms with Gasteiger partial charge in [-0.25, -0.2) is 9.78 Å². The standard InChI is InChI=1S/C22H18BrClN4O4S/c1-12-20(30)27(10-13-3-5-16(24)15(23)7-13)22(31)28-11-17(33-21(12)28)19(29)26-9-14-4-6-18(32-2)25-8-14/h3-8,11H,9-10H2,1-2H3,(H,26,29). The van der Waals surface area contributed by atoms with Gasteiger partial charge in [0.25, 0.3) is 11.5 Å². The molecule has 4 rings (SSSR count). The average molecular weight is 550 g/mol. The summed E-state index contributed by atoms with van der Waals surface area (Å²) in [5.74, 6) is 0.135. The van der Waals surface area contributed by atoms with Crippen LogP contribution >= 0.6 is 38.9 Å². The largest absolute Gasteiger partial charge is 0.481 e. The molecule has 33 heavy (non-hydrogen) atoms. The number of nitrogens with zero attached hydrogens (tertiary/aromatic N) is 3. The molecule has 1 amide bonds. The molecule has 0 unspecified atom stereocenters. The van der Waals surface area contributed by atoms with Gasteiger partial charge in [0.1, 0.15) is 9.71 Å². The van der Waals surface area contributed by atoms with Gasteiger partial charge in [-0.15, -0.1) is 11.3 Å². The Morgan fingerprint density at radius 3 is 2.67 bits per heavy atom. The molecular weight excluding hydrogens is 532 g/mol. The average Bonchev–Trinajstić information content (AvgIpc) is 3.27. The number of hydrogen-bond acceptors (Lipinski definition) is 6. The Morgan fingerprint density at radius 1 is 1.24 bits per heavy atom. The Labute approximate surface area is 205 Å². The second kappa shape index (κ2) is 9.50. The number of thiazole rings is 1. The summed E-state index contributed by atoms with van der Waals surface area (Å²) >= 11 is 10.5. The van der Waals surface area contributed by atoms with Gasteiger partial charge in [0.15, 0.2) is 0 Å². The van der Waals surface area contributed by atoms with E-state index >= 15 is 0 Å². The summed E-state index contributed by atoms with van der Waals surface area (Å²) in [6.45, 7) is 1.99. The van der Waals surface area contributed by atoms with Crippen LogP contribution in [0.4, 0.5) is 0 Å². The quantitative estimate of drug-likeness (QED) is 0.396. The maximum absolute atomic E-state index is 13.1. The minimum atomic E-state index is -0.513. The molecule has 0 saturated heterocycles. The first-order valence-electron chi connectivity index (χ1n) is 9.75. The molecule has 0 spiro atoms. The Bertz CT molecular complexity index is 1480. The number of hydrogen-bond donors (Lipinski definition) is 1. The Morgan fingerprint density at radius 2 is 2.00 bits per heavy atom. The highest BCUT2D eigenvalue weighted by Gasteiger charge is 2.18. The predicted octanol–water partition coefficient (Wildman–Crippen LogP) is 3.63. The summed E-state index contributed by atoms with van der Waals surface area (Å²) in [5, 5.41) is 3.34. The van der Waals surface area contributed by atoms with Crippen molar-refractivity contribution in [1.82, 2.24) is 19.3 Å². The zero-order valence-electron chi connectivity index (χ0n) is 17.6. The Balaban J connectivity index is 1.62. The van der Waals surface area contributed by atoms with E-state index in [9.17, 15) is 14.4 Å². The molecule has 1 aromatic carbocycles. The number of fused-ring (bicyclic) bond motifs is 1. The monoisotopic (exact) mass is 548 g/mol. The summed E-state index contributed by atoms with van der Waals surface area (Å²) in [6.07, 6.45) is 3.07. The van der Waals surface area contributed by atoms with E-state index in [1.54, 1.807) is 43.5 Å². The molecule has 0 aliphatic rings. The van der Waals surface area contributed by atoms with Crippen LogP contribution in [-0.2, 0) is 13.1 Å². The second-order valence-electron chi connectivity index (χ2n) is 7.21. The van der Waals surface area contributed by atoms with Gasteiger partial charge in [-0.1, -0.05) is 23.7 Å². The lowest BCUT2D eigenvalue weighted by Gasteiger charge is -2.08. The lowest BCUT2D eigenvalue weighted by Crippen LogP contribution is -2.38. The fourth-order valence-corrected chi connectivity index (χ4v) is 4.78. The van der Waals surface area contributed by atoms with Crippen molar-refractivity contribution in [3.63, 3.8) is 0 Å². The maximum Gasteiger partial charge on any atom is 0.336 e. The van der Waals surface area contributed by atoms with Crippen molar-refractivity contribution in [2.24, 2.45) is 0 Å². The molecule has 1 N–H and O–H groups in total. The smallest absolute Gasteiger partial charge is 0.336 e. The third kappa shape index (κ3) is 4.73. The number of methoxy groups -OCH3 is 1. The number of aromatic nitrogens is 3. The molecule has 4 aromatic rings. The summed E-state index contributed by atoms with van der Waals surface area (Å²) in [6, 6.07) is 8.72. The molecule has 0 aliphatic heterocycles.